The number of nitrogens with one attached hydrogen (secondary N) is 1. The Morgan fingerprint density at radius 1 is 1.22 bits per heavy atom. The number of fused-ring (bicyclic) bond motifs is 1. The SMILES string of the molecule is CN1Cc2nnc(-c3ccn[nH]3)n2[C@H](Cc2ccccc2)C1=O. The van der Waals surface area contributed by atoms with E-state index in [1.54, 1.807) is 18.1 Å². The van der Waals surface area contributed by atoms with Crippen LogP contribution < -0.4 is 0 Å². The van der Waals surface area contributed by atoms with Crippen LogP contribution in [0.3, 0.4) is 0 Å². The number of hydrogen-bond acceptors (Lipinski definition) is 4. The van der Waals surface area contributed by atoms with Gasteiger partial charge in [-0.1, -0.05) is 30.3 Å². The summed E-state index contributed by atoms with van der Waals surface area (Å²) < 4.78 is 1.93. The van der Waals surface area contributed by atoms with Crippen molar-refractivity contribution in [1.29, 1.82) is 0 Å². The molecule has 0 saturated heterocycles. The highest BCUT2D eigenvalue weighted by Gasteiger charge is 2.34. The minimum absolute atomic E-state index is 0.0712. The summed E-state index contributed by atoms with van der Waals surface area (Å²) in [6.45, 7) is 0.464. The number of carbonyl (C=O) groups is 1. The molecule has 1 aliphatic heterocycles. The van der Waals surface area contributed by atoms with E-state index in [1.165, 1.54) is 0 Å². The fourth-order valence-electron chi connectivity index (χ4n) is 2.99. The Hall–Kier alpha value is -2.96. The van der Waals surface area contributed by atoms with Crippen molar-refractivity contribution in [3.63, 3.8) is 0 Å². The van der Waals surface area contributed by atoms with E-state index in [4.69, 9.17) is 0 Å². The molecule has 0 radical (unpaired) electrons. The Bertz CT molecular complexity index is 824. The highest BCUT2D eigenvalue weighted by molar-refractivity contribution is 5.82. The number of aromatic amines is 1. The quantitative estimate of drug-likeness (QED) is 0.793. The average molecular weight is 308 g/mol. The number of hydrogen-bond donors (Lipinski definition) is 1. The molecule has 0 spiro atoms. The molecule has 1 aliphatic rings. The molecule has 1 N–H and O–H groups in total. The third kappa shape index (κ3) is 2.30. The van der Waals surface area contributed by atoms with Crippen LogP contribution >= 0.6 is 0 Å². The minimum atomic E-state index is -0.348. The number of likely N-dealkylation sites (N-methyl/N-ethyl adjacent to an activating group) is 1. The standard InChI is InChI=1S/C16H16N6O/c1-21-10-14-19-20-15(12-7-8-17-18-12)22(14)13(16(21)23)9-11-5-3-2-4-6-11/h2-8,13H,9-10H2,1H3,(H,17,18)/t13-/m1/s1. The van der Waals surface area contributed by atoms with Crippen molar-refractivity contribution in [2.75, 3.05) is 7.05 Å². The highest BCUT2D eigenvalue weighted by atomic mass is 16.2. The first kappa shape index (κ1) is 13.7. The molecule has 116 valence electrons. The van der Waals surface area contributed by atoms with Crippen LogP contribution in [0.4, 0.5) is 0 Å². The molecule has 0 saturated carbocycles. The number of rotatable bonds is 3. The van der Waals surface area contributed by atoms with E-state index in [1.807, 2.05) is 41.0 Å². The van der Waals surface area contributed by atoms with Crippen LogP contribution in [0.1, 0.15) is 17.4 Å². The summed E-state index contributed by atoms with van der Waals surface area (Å²) in [5.41, 5.74) is 1.87. The summed E-state index contributed by atoms with van der Waals surface area (Å²) in [7, 11) is 1.80. The van der Waals surface area contributed by atoms with Crippen LogP contribution in [0.25, 0.3) is 11.5 Å². The molecule has 7 heteroatoms. The van der Waals surface area contributed by atoms with Gasteiger partial charge in [0.2, 0.25) is 5.91 Å². The average Bonchev–Trinajstić information content (AvgIpc) is 3.21. The lowest BCUT2D eigenvalue weighted by Gasteiger charge is -2.31. The van der Waals surface area contributed by atoms with Gasteiger partial charge >= 0.3 is 0 Å². The second-order valence-corrected chi connectivity index (χ2v) is 5.68. The van der Waals surface area contributed by atoms with Crippen LogP contribution in [0.2, 0.25) is 0 Å². The van der Waals surface area contributed by atoms with Crippen molar-refractivity contribution in [2.24, 2.45) is 0 Å². The molecule has 3 heterocycles. The van der Waals surface area contributed by atoms with Gasteiger partial charge in [0.25, 0.3) is 0 Å². The smallest absolute Gasteiger partial charge is 0.246 e. The lowest BCUT2D eigenvalue weighted by atomic mass is 10.0. The molecule has 4 rings (SSSR count). The third-order valence-corrected chi connectivity index (χ3v) is 4.13. The summed E-state index contributed by atoms with van der Waals surface area (Å²) >= 11 is 0. The van der Waals surface area contributed by atoms with Gasteiger partial charge in [0.05, 0.1) is 6.54 Å². The summed E-state index contributed by atoms with van der Waals surface area (Å²) in [6, 6.07) is 11.5. The molecule has 23 heavy (non-hydrogen) atoms. The maximum atomic E-state index is 12.7. The molecule has 0 fully saturated rings. The molecular weight excluding hydrogens is 292 g/mol. The van der Waals surface area contributed by atoms with E-state index in [9.17, 15) is 4.79 Å². The van der Waals surface area contributed by atoms with E-state index in [0.29, 0.717) is 18.8 Å². The number of benzene rings is 1. The number of nitrogens with zero attached hydrogens (tertiary/aromatic N) is 5. The van der Waals surface area contributed by atoms with E-state index in [2.05, 4.69) is 20.4 Å². The number of amides is 1. The van der Waals surface area contributed by atoms with Crippen molar-refractivity contribution in [2.45, 2.75) is 19.0 Å². The minimum Gasteiger partial charge on any atom is -0.336 e. The maximum Gasteiger partial charge on any atom is 0.246 e. The predicted molar refractivity (Wildman–Crippen MR) is 83.3 cm³/mol. The van der Waals surface area contributed by atoms with Gasteiger partial charge in [-0.2, -0.15) is 5.10 Å². The Morgan fingerprint density at radius 2 is 2.04 bits per heavy atom. The van der Waals surface area contributed by atoms with Gasteiger partial charge in [-0.3, -0.25) is 14.5 Å². The zero-order valence-electron chi connectivity index (χ0n) is 12.7. The number of H-pyrrole nitrogens is 1. The molecule has 3 aromatic rings. The normalized spacial score (nSPS) is 17.3. The first-order valence-electron chi connectivity index (χ1n) is 7.46. The van der Waals surface area contributed by atoms with Gasteiger partial charge in [0.15, 0.2) is 11.6 Å². The van der Waals surface area contributed by atoms with Gasteiger partial charge < -0.3 is 4.90 Å². The monoisotopic (exact) mass is 308 g/mol. The Labute approximate surface area is 133 Å². The zero-order valence-corrected chi connectivity index (χ0v) is 12.7. The Balaban J connectivity index is 1.80. The second kappa shape index (κ2) is 5.35. The Kier molecular flexibility index (Phi) is 3.18. The van der Waals surface area contributed by atoms with Crippen LogP contribution in [-0.4, -0.2) is 42.8 Å². The molecule has 0 aliphatic carbocycles. The van der Waals surface area contributed by atoms with Gasteiger partial charge in [-0.15, -0.1) is 10.2 Å². The maximum absolute atomic E-state index is 12.7. The fourth-order valence-corrected chi connectivity index (χ4v) is 2.99. The molecule has 0 unspecified atom stereocenters. The fraction of sp³-hybridized carbons (Fsp3) is 0.250. The van der Waals surface area contributed by atoms with Crippen LogP contribution in [0.15, 0.2) is 42.6 Å². The van der Waals surface area contributed by atoms with Gasteiger partial charge in [-0.05, 0) is 11.6 Å². The topological polar surface area (TPSA) is 79.7 Å². The first-order valence-corrected chi connectivity index (χ1v) is 7.46. The number of aromatic nitrogens is 5. The summed E-state index contributed by atoms with van der Waals surface area (Å²) in [4.78, 5) is 14.4. The summed E-state index contributed by atoms with van der Waals surface area (Å²) in [5.74, 6) is 1.51. The molecule has 0 bridgehead atoms. The van der Waals surface area contributed by atoms with Gasteiger partial charge in [0, 0.05) is 19.7 Å². The lowest BCUT2D eigenvalue weighted by Crippen LogP contribution is -2.41. The largest absolute Gasteiger partial charge is 0.336 e. The number of carbonyl (C=O) groups excluding carboxylic acids is 1. The van der Waals surface area contributed by atoms with Crippen molar-refractivity contribution < 1.29 is 4.79 Å². The van der Waals surface area contributed by atoms with Crippen LogP contribution in [0.5, 0.6) is 0 Å². The molecular formula is C16H16N6O. The molecule has 1 atom stereocenters. The van der Waals surface area contributed by atoms with Crippen molar-refractivity contribution in [3.8, 4) is 11.5 Å². The van der Waals surface area contributed by atoms with Crippen molar-refractivity contribution in [1.82, 2.24) is 29.9 Å². The van der Waals surface area contributed by atoms with Crippen molar-refractivity contribution in [3.05, 3.63) is 54.0 Å². The lowest BCUT2D eigenvalue weighted by molar-refractivity contribution is -0.135. The first-order chi connectivity index (χ1) is 11.2. The van der Waals surface area contributed by atoms with E-state index >= 15 is 0 Å². The highest BCUT2D eigenvalue weighted by Crippen LogP contribution is 2.29. The molecule has 2 aromatic heterocycles. The predicted octanol–water partition coefficient (Wildman–Crippen LogP) is 1.42. The summed E-state index contributed by atoms with van der Waals surface area (Å²) in [5, 5.41) is 15.4. The molecule has 1 amide bonds. The summed E-state index contributed by atoms with van der Waals surface area (Å²) in [6.07, 6.45) is 2.27. The molecule has 1 aromatic carbocycles. The van der Waals surface area contributed by atoms with Gasteiger partial charge in [0.1, 0.15) is 11.7 Å². The van der Waals surface area contributed by atoms with Crippen LogP contribution in [-0.2, 0) is 17.8 Å². The van der Waals surface area contributed by atoms with Crippen molar-refractivity contribution >= 4 is 5.91 Å². The van der Waals surface area contributed by atoms with E-state index < -0.39 is 0 Å². The third-order valence-electron chi connectivity index (χ3n) is 4.13. The second-order valence-electron chi connectivity index (χ2n) is 5.68. The zero-order chi connectivity index (χ0) is 15.8. The van der Waals surface area contributed by atoms with Gasteiger partial charge in [-0.25, -0.2) is 0 Å². The van der Waals surface area contributed by atoms with E-state index in [-0.39, 0.29) is 11.9 Å². The van der Waals surface area contributed by atoms with Crippen LogP contribution in [0, 0.1) is 0 Å². The Morgan fingerprint density at radius 3 is 2.78 bits per heavy atom. The molecule has 7 nitrogen and oxygen atoms in total. The van der Waals surface area contributed by atoms with E-state index in [0.717, 1.165) is 17.1 Å².